The lowest BCUT2D eigenvalue weighted by Gasteiger charge is -2.45. The van der Waals surface area contributed by atoms with Crippen LogP contribution in [0.1, 0.15) is 0 Å². The molecule has 1 aliphatic rings. The van der Waals surface area contributed by atoms with E-state index in [1.165, 1.54) is 91.0 Å². The molecule has 11 aromatic carbocycles. The van der Waals surface area contributed by atoms with E-state index in [9.17, 15) is 0 Å². The number of benzene rings is 11. The minimum Gasteiger partial charge on any atom is -0.311 e. The second-order valence-electron chi connectivity index (χ2n) is 17.6. The van der Waals surface area contributed by atoms with Gasteiger partial charge in [0.05, 0.1) is 10.4 Å². The van der Waals surface area contributed by atoms with Gasteiger partial charge in [0.25, 0.3) is 0 Å². The second-order valence-corrected chi connectivity index (χ2v) is 22.4. The van der Waals surface area contributed by atoms with E-state index < -0.39 is 8.07 Å². The third kappa shape index (κ3) is 6.45. The average molecular weight is 901 g/mol. The van der Waals surface area contributed by atoms with E-state index >= 15 is 0 Å². The minimum atomic E-state index is -2.87. The Morgan fingerprint density at radius 2 is 0.912 bits per heavy atom. The van der Waals surface area contributed by atoms with E-state index in [0.717, 1.165) is 17.1 Å². The summed E-state index contributed by atoms with van der Waals surface area (Å²) in [5.74, 6) is 0. The van der Waals surface area contributed by atoms with Gasteiger partial charge in [0.15, 0.2) is 8.07 Å². The Hall–Kier alpha value is -8.28. The Kier molecular flexibility index (Phi) is 9.74. The first-order valence-electron chi connectivity index (χ1n) is 23.3. The first-order chi connectivity index (χ1) is 33.7. The lowest BCUT2D eigenvalue weighted by Crippen LogP contribution is -2.77. The molecule has 0 unspecified atom stereocenters. The summed E-state index contributed by atoms with van der Waals surface area (Å²) in [5.41, 5.74) is 11.8. The summed E-state index contributed by atoms with van der Waals surface area (Å²) in [5, 5.41) is 10.6. The largest absolute Gasteiger partial charge is 0.311 e. The quantitative estimate of drug-likeness (QED) is 0.140. The van der Waals surface area contributed by atoms with Crippen molar-refractivity contribution in [3.05, 3.63) is 267 Å². The molecule has 0 saturated carbocycles. The van der Waals surface area contributed by atoms with E-state index in [1.807, 2.05) is 11.3 Å². The third-order valence-corrected chi connectivity index (χ3v) is 20.0. The molecule has 320 valence electrons. The van der Waals surface area contributed by atoms with Crippen LogP contribution in [0.25, 0.3) is 53.2 Å². The molecule has 68 heavy (non-hydrogen) atoms. The smallest absolute Gasteiger partial charge is 0.184 e. The predicted molar refractivity (Wildman–Crippen MR) is 294 cm³/mol. The zero-order valence-electron chi connectivity index (χ0n) is 37.2. The maximum Gasteiger partial charge on any atom is 0.184 e. The van der Waals surface area contributed by atoms with Gasteiger partial charge in [-0.05, 0) is 114 Å². The van der Waals surface area contributed by atoms with Crippen LogP contribution < -0.4 is 30.5 Å². The molecule has 0 fully saturated rings. The van der Waals surface area contributed by atoms with Crippen LogP contribution in [0.5, 0.6) is 0 Å². The van der Waals surface area contributed by atoms with Crippen molar-refractivity contribution in [2.75, 3.05) is 9.80 Å². The van der Waals surface area contributed by atoms with E-state index in [-0.39, 0.29) is 0 Å². The zero-order valence-corrected chi connectivity index (χ0v) is 39.0. The van der Waals surface area contributed by atoms with Crippen LogP contribution in [0, 0.1) is 0 Å². The monoisotopic (exact) mass is 900 g/mol. The Bertz CT molecular complexity index is 3750. The van der Waals surface area contributed by atoms with E-state index in [2.05, 4.69) is 277 Å². The van der Waals surface area contributed by atoms with Gasteiger partial charge in [-0.25, -0.2) is 0 Å². The van der Waals surface area contributed by atoms with Crippen molar-refractivity contribution in [3.8, 4) is 22.3 Å². The summed E-state index contributed by atoms with van der Waals surface area (Å²) in [6.45, 7) is 0. The molecular weight excluding hydrogens is 857 g/mol. The molecule has 2 heterocycles. The maximum absolute atomic E-state index is 2.87. The first-order valence-corrected chi connectivity index (χ1v) is 26.1. The van der Waals surface area contributed by atoms with Crippen LogP contribution in [-0.4, -0.2) is 8.07 Å². The number of nitrogens with zero attached hydrogens (tertiary/aromatic N) is 2. The van der Waals surface area contributed by atoms with Crippen molar-refractivity contribution < 1.29 is 0 Å². The van der Waals surface area contributed by atoms with Gasteiger partial charge in [-0.2, -0.15) is 0 Å². The SMILES string of the molecule is c1ccc(N2c3ccccc3[Si](c3ccccc3)(c3ccccc3)c3cc(-c4ccc(N(c5ccc(-c6cccc7ccccc67)cc5)c5cccc6c5sc5ccccc56)cc4)ccc32)cc1. The van der Waals surface area contributed by atoms with Gasteiger partial charge in [0.2, 0.25) is 0 Å². The van der Waals surface area contributed by atoms with Gasteiger partial charge >= 0.3 is 0 Å². The van der Waals surface area contributed by atoms with Crippen LogP contribution in [-0.2, 0) is 0 Å². The van der Waals surface area contributed by atoms with Crippen molar-refractivity contribution in [1.82, 2.24) is 0 Å². The molecular formula is C64H44N2SSi. The van der Waals surface area contributed by atoms with E-state index in [0.29, 0.717) is 0 Å². The standard InChI is InChI=1S/C64H44N2SSi/c1-4-20-49(21-5-1)66-58-30-13-15-33-62(58)68(52-22-6-2-7-23-52,53-24-8-3-9-25-53)63-44-48(38-43-59(63)66)45-34-39-50(40-35-45)65(60-31-17-29-57-56-27-12-14-32-61(56)67-64(57)60)51-41-36-47(37-42-51)55-28-16-19-46-18-10-11-26-54(46)55/h1-44H. The summed E-state index contributed by atoms with van der Waals surface area (Å²) >= 11 is 1.87. The van der Waals surface area contributed by atoms with Gasteiger partial charge in [-0.1, -0.05) is 206 Å². The van der Waals surface area contributed by atoms with Crippen LogP contribution in [0.15, 0.2) is 267 Å². The predicted octanol–water partition coefficient (Wildman–Crippen LogP) is 15.2. The summed E-state index contributed by atoms with van der Waals surface area (Å²) in [6.07, 6.45) is 0. The van der Waals surface area contributed by atoms with Crippen LogP contribution >= 0.6 is 11.3 Å². The fraction of sp³-hybridized carbons (Fsp3) is 0. The fourth-order valence-corrected chi connectivity index (χ4v) is 17.2. The number of para-hydroxylation sites is 2. The number of fused-ring (bicyclic) bond motifs is 6. The highest BCUT2D eigenvalue weighted by atomic mass is 32.1. The van der Waals surface area contributed by atoms with Gasteiger partial charge < -0.3 is 9.80 Å². The summed E-state index contributed by atoms with van der Waals surface area (Å²) in [6, 6.07) is 98.9. The molecule has 0 radical (unpaired) electrons. The van der Waals surface area contributed by atoms with Crippen molar-refractivity contribution >= 4 is 105 Å². The highest BCUT2D eigenvalue weighted by molar-refractivity contribution is 7.26. The Morgan fingerprint density at radius 1 is 0.368 bits per heavy atom. The van der Waals surface area contributed by atoms with Gasteiger partial charge in [0.1, 0.15) is 0 Å². The summed E-state index contributed by atoms with van der Waals surface area (Å²) in [7, 11) is -2.87. The third-order valence-electron chi connectivity index (χ3n) is 13.9. The molecule has 0 bridgehead atoms. The zero-order chi connectivity index (χ0) is 45.0. The number of hydrogen-bond acceptors (Lipinski definition) is 3. The number of rotatable bonds is 8. The fourth-order valence-electron chi connectivity index (χ4n) is 10.9. The molecule has 0 N–H and O–H groups in total. The molecule has 0 spiro atoms. The Morgan fingerprint density at radius 3 is 1.65 bits per heavy atom. The molecule has 0 aliphatic carbocycles. The van der Waals surface area contributed by atoms with Crippen molar-refractivity contribution in [2.45, 2.75) is 0 Å². The van der Waals surface area contributed by atoms with Gasteiger partial charge in [-0.15, -0.1) is 11.3 Å². The Labute approximate surface area is 401 Å². The first kappa shape index (κ1) is 40.0. The van der Waals surface area contributed by atoms with Crippen molar-refractivity contribution in [1.29, 1.82) is 0 Å². The van der Waals surface area contributed by atoms with Crippen LogP contribution in [0.3, 0.4) is 0 Å². The molecule has 1 aromatic heterocycles. The summed E-state index contributed by atoms with van der Waals surface area (Å²) < 4.78 is 2.57. The van der Waals surface area contributed by atoms with Gasteiger partial charge in [-0.3, -0.25) is 0 Å². The van der Waals surface area contributed by atoms with Crippen LogP contribution in [0.2, 0.25) is 0 Å². The maximum atomic E-state index is 2.52. The highest BCUT2D eigenvalue weighted by Crippen LogP contribution is 2.46. The lowest BCUT2D eigenvalue weighted by atomic mass is 9.98. The number of anilines is 6. The van der Waals surface area contributed by atoms with Gasteiger partial charge in [0, 0.05) is 43.9 Å². The topological polar surface area (TPSA) is 6.48 Å². The molecule has 0 amide bonds. The molecule has 2 nitrogen and oxygen atoms in total. The normalized spacial score (nSPS) is 12.8. The molecule has 1 aliphatic heterocycles. The van der Waals surface area contributed by atoms with Crippen LogP contribution in [0.4, 0.5) is 34.1 Å². The van der Waals surface area contributed by atoms with E-state index in [1.54, 1.807) is 0 Å². The van der Waals surface area contributed by atoms with Crippen molar-refractivity contribution in [3.63, 3.8) is 0 Å². The molecule has 0 atom stereocenters. The minimum absolute atomic E-state index is 1.11. The highest BCUT2D eigenvalue weighted by Gasteiger charge is 2.49. The second kappa shape index (κ2) is 16.5. The number of thiophene rings is 1. The average Bonchev–Trinajstić information content (AvgIpc) is 3.81. The lowest BCUT2D eigenvalue weighted by molar-refractivity contribution is 1.29. The molecule has 13 rings (SSSR count). The molecule has 12 aromatic rings. The molecule has 4 heteroatoms. The Balaban J connectivity index is 0.978. The number of hydrogen-bond donors (Lipinski definition) is 0. The van der Waals surface area contributed by atoms with E-state index in [4.69, 9.17) is 0 Å². The van der Waals surface area contributed by atoms with Crippen molar-refractivity contribution in [2.24, 2.45) is 0 Å². The molecule has 0 saturated heterocycles. The summed E-state index contributed by atoms with van der Waals surface area (Å²) in [4.78, 5) is 4.92.